The number of nitrogens with one attached hydrogen (secondary N) is 1. The fourth-order valence-corrected chi connectivity index (χ4v) is 2.97. The first-order valence-electron chi connectivity index (χ1n) is 7.76. The van der Waals surface area contributed by atoms with E-state index in [1.54, 1.807) is 0 Å². The molecule has 0 radical (unpaired) electrons. The Kier molecular flexibility index (Phi) is 5.25. The zero-order valence-corrected chi connectivity index (χ0v) is 12.7. The zero-order chi connectivity index (χ0) is 13.7. The molecule has 2 rings (SSSR count). The fraction of sp³-hybridized carbons (Fsp3) is 0.800. The Balaban J connectivity index is 1.92. The minimum absolute atomic E-state index is 0.664. The van der Waals surface area contributed by atoms with Gasteiger partial charge in [-0.3, -0.25) is 0 Å². The number of imidazole rings is 1. The largest absolute Gasteiger partial charge is 0.354 e. The van der Waals surface area contributed by atoms with Crippen LogP contribution in [0.1, 0.15) is 51.3 Å². The molecule has 0 aliphatic heterocycles. The van der Waals surface area contributed by atoms with E-state index in [1.165, 1.54) is 25.7 Å². The minimum Gasteiger partial charge on any atom is -0.354 e. The summed E-state index contributed by atoms with van der Waals surface area (Å²) in [6, 6.07) is 0.664. The summed E-state index contributed by atoms with van der Waals surface area (Å²) in [5, 5.41) is 3.52. The van der Waals surface area contributed by atoms with Gasteiger partial charge in [0.25, 0.3) is 0 Å². The second-order valence-electron chi connectivity index (χ2n) is 5.51. The molecule has 0 bridgehead atoms. The first-order chi connectivity index (χ1) is 9.24. The Labute approximate surface area is 117 Å². The van der Waals surface area contributed by atoms with E-state index in [-0.39, 0.29) is 0 Å². The Hall–Kier alpha value is -1.03. The molecule has 1 heterocycles. The lowest BCUT2D eigenvalue weighted by Gasteiger charge is -2.19. The van der Waals surface area contributed by atoms with Gasteiger partial charge in [-0.05, 0) is 32.9 Å². The maximum atomic E-state index is 4.64. The van der Waals surface area contributed by atoms with Gasteiger partial charge in [0.2, 0.25) is 5.95 Å². The van der Waals surface area contributed by atoms with Gasteiger partial charge in [0, 0.05) is 25.3 Å². The van der Waals surface area contributed by atoms with Crippen LogP contribution in [-0.4, -0.2) is 40.6 Å². The summed E-state index contributed by atoms with van der Waals surface area (Å²) in [6.45, 7) is 10.8. The van der Waals surface area contributed by atoms with Crippen molar-refractivity contribution < 1.29 is 0 Å². The van der Waals surface area contributed by atoms with Gasteiger partial charge in [-0.1, -0.05) is 26.7 Å². The van der Waals surface area contributed by atoms with E-state index in [2.05, 4.69) is 46.7 Å². The fourth-order valence-electron chi connectivity index (χ4n) is 2.97. The van der Waals surface area contributed by atoms with Gasteiger partial charge >= 0.3 is 0 Å². The molecule has 1 aromatic rings. The summed E-state index contributed by atoms with van der Waals surface area (Å²) in [7, 11) is 0. The van der Waals surface area contributed by atoms with Gasteiger partial charge in [0.1, 0.15) is 0 Å². The second kappa shape index (κ2) is 6.94. The maximum Gasteiger partial charge on any atom is 0.203 e. The van der Waals surface area contributed by atoms with Crippen LogP contribution in [0.4, 0.5) is 5.95 Å². The topological polar surface area (TPSA) is 33.1 Å². The van der Waals surface area contributed by atoms with Crippen LogP contribution in [0.5, 0.6) is 0 Å². The molecule has 1 saturated carbocycles. The van der Waals surface area contributed by atoms with Crippen LogP contribution < -0.4 is 5.32 Å². The van der Waals surface area contributed by atoms with Crippen molar-refractivity contribution in [1.29, 1.82) is 0 Å². The maximum absolute atomic E-state index is 4.64. The van der Waals surface area contributed by atoms with E-state index < -0.39 is 0 Å². The molecular formula is C15H28N4. The van der Waals surface area contributed by atoms with Gasteiger partial charge in [-0.2, -0.15) is 0 Å². The number of aryl methyl sites for hydroxylation is 1. The van der Waals surface area contributed by atoms with E-state index in [0.717, 1.165) is 37.8 Å². The molecule has 4 nitrogen and oxygen atoms in total. The van der Waals surface area contributed by atoms with E-state index in [0.29, 0.717) is 6.04 Å². The van der Waals surface area contributed by atoms with Gasteiger partial charge in [-0.15, -0.1) is 0 Å². The summed E-state index contributed by atoms with van der Waals surface area (Å²) < 4.78 is 2.37. The van der Waals surface area contributed by atoms with Crippen molar-refractivity contribution in [3.05, 3.63) is 11.9 Å². The van der Waals surface area contributed by atoms with Gasteiger partial charge in [-0.25, -0.2) is 4.98 Å². The Morgan fingerprint density at radius 2 is 2.00 bits per heavy atom. The average molecular weight is 264 g/mol. The highest BCUT2D eigenvalue weighted by Gasteiger charge is 2.19. The van der Waals surface area contributed by atoms with Gasteiger partial charge in [0.15, 0.2) is 0 Å². The van der Waals surface area contributed by atoms with Crippen LogP contribution >= 0.6 is 0 Å². The molecule has 0 spiro atoms. The molecule has 1 aromatic heterocycles. The molecular weight excluding hydrogens is 236 g/mol. The first kappa shape index (κ1) is 14.4. The summed E-state index contributed by atoms with van der Waals surface area (Å²) in [6.07, 6.45) is 7.54. The predicted octanol–water partition coefficient (Wildman–Crippen LogP) is 3.06. The molecule has 108 valence electrons. The third kappa shape index (κ3) is 3.72. The van der Waals surface area contributed by atoms with Crippen LogP contribution in [0, 0.1) is 6.92 Å². The van der Waals surface area contributed by atoms with Crippen molar-refractivity contribution in [2.75, 3.05) is 31.5 Å². The molecule has 4 heteroatoms. The number of hydrogen-bond acceptors (Lipinski definition) is 3. The molecule has 1 N–H and O–H groups in total. The van der Waals surface area contributed by atoms with E-state index in [9.17, 15) is 0 Å². The van der Waals surface area contributed by atoms with Crippen LogP contribution in [-0.2, 0) is 0 Å². The smallest absolute Gasteiger partial charge is 0.203 e. The Morgan fingerprint density at radius 3 is 2.63 bits per heavy atom. The minimum atomic E-state index is 0.664. The van der Waals surface area contributed by atoms with Crippen molar-refractivity contribution >= 4 is 5.95 Å². The monoisotopic (exact) mass is 264 g/mol. The van der Waals surface area contributed by atoms with Crippen LogP contribution in [0.2, 0.25) is 0 Å². The number of hydrogen-bond donors (Lipinski definition) is 1. The number of aromatic nitrogens is 2. The molecule has 0 atom stereocenters. The van der Waals surface area contributed by atoms with E-state index in [1.807, 2.05) is 0 Å². The normalized spacial score (nSPS) is 16.4. The first-order valence-corrected chi connectivity index (χ1v) is 7.76. The predicted molar refractivity (Wildman–Crippen MR) is 80.7 cm³/mol. The highest BCUT2D eigenvalue weighted by molar-refractivity contribution is 5.29. The molecule has 0 aromatic carbocycles. The zero-order valence-electron chi connectivity index (χ0n) is 12.7. The highest BCUT2D eigenvalue weighted by atomic mass is 15.2. The van der Waals surface area contributed by atoms with Crippen molar-refractivity contribution in [2.24, 2.45) is 0 Å². The molecule has 0 amide bonds. The second-order valence-corrected chi connectivity index (χ2v) is 5.51. The Bertz CT molecular complexity index is 375. The van der Waals surface area contributed by atoms with Crippen molar-refractivity contribution in [2.45, 2.75) is 52.5 Å². The van der Waals surface area contributed by atoms with Gasteiger partial charge in [0.05, 0.1) is 5.69 Å². The number of rotatable bonds is 7. The van der Waals surface area contributed by atoms with Crippen molar-refractivity contribution in [3.63, 3.8) is 0 Å². The number of likely N-dealkylation sites (N-methyl/N-ethyl adjacent to an activating group) is 1. The number of nitrogens with zero attached hydrogens (tertiary/aromatic N) is 3. The summed E-state index contributed by atoms with van der Waals surface area (Å²) in [4.78, 5) is 7.07. The lowest BCUT2D eigenvalue weighted by Crippen LogP contribution is -2.29. The molecule has 1 aliphatic rings. The molecule has 1 aliphatic carbocycles. The SMILES string of the molecule is CCN(CC)CCNc1nc(C)cn1C1CCCC1. The number of anilines is 1. The molecule has 0 unspecified atom stereocenters. The Morgan fingerprint density at radius 1 is 1.32 bits per heavy atom. The summed E-state index contributed by atoms with van der Waals surface area (Å²) in [5.41, 5.74) is 1.12. The molecule has 19 heavy (non-hydrogen) atoms. The average Bonchev–Trinajstić information content (AvgIpc) is 3.04. The summed E-state index contributed by atoms with van der Waals surface area (Å²) in [5.74, 6) is 1.07. The molecule has 0 saturated heterocycles. The van der Waals surface area contributed by atoms with E-state index in [4.69, 9.17) is 0 Å². The highest BCUT2D eigenvalue weighted by Crippen LogP contribution is 2.31. The van der Waals surface area contributed by atoms with Crippen molar-refractivity contribution in [1.82, 2.24) is 14.5 Å². The van der Waals surface area contributed by atoms with Crippen LogP contribution in [0.15, 0.2) is 6.20 Å². The van der Waals surface area contributed by atoms with E-state index >= 15 is 0 Å². The third-order valence-corrected chi connectivity index (χ3v) is 4.18. The van der Waals surface area contributed by atoms with Gasteiger partial charge < -0.3 is 14.8 Å². The lowest BCUT2D eigenvalue weighted by atomic mass is 10.2. The standard InChI is InChI=1S/C15H28N4/c1-4-18(5-2)11-10-16-15-17-13(3)12-19(15)14-8-6-7-9-14/h12,14H,4-11H2,1-3H3,(H,16,17). The lowest BCUT2D eigenvalue weighted by molar-refractivity contribution is 0.315. The van der Waals surface area contributed by atoms with Crippen molar-refractivity contribution in [3.8, 4) is 0 Å². The third-order valence-electron chi connectivity index (χ3n) is 4.18. The molecule has 1 fully saturated rings. The summed E-state index contributed by atoms with van der Waals surface area (Å²) >= 11 is 0. The van der Waals surface area contributed by atoms with Crippen LogP contribution in [0.3, 0.4) is 0 Å². The quantitative estimate of drug-likeness (QED) is 0.821. The van der Waals surface area contributed by atoms with Crippen LogP contribution in [0.25, 0.3) is 0 Å².